The zero-order valence-electron chi connectivity index (χ0n) is 19.3. The number of halogens is 1. The molecular formula is C27H26ClN5O2. The van der Waals surface area contributed by atoms with Gasteiger partial charge in [0.1, 0.15) is 17.6 Å². The number of urea groups is 1. The van der Waals surface area contributed by atoms with Crippen molar-refractivity contribution in [2.24, 2.45) is 5.41 Å². The number of anilines is 1. The number of benzene rings is 2. The van der Waals surface area contributed by atoms with Gasteiger partial charge in [0.15, 0.2) is 0 Å². The van der Waals surface area contributed by atoms with Crippen LogP contribution in [-0.2, 0) is 6.54 Å². The van der Waals surface area contributed by atoms with E-state index in [4.69, 9.17) is 16.3 Å². The molecule has 2 aliphatic rings. The molecular weight excluding hydrogens is 462 g/mol. The van der Waals surface area contributed by atoms with Gasteiger partial charge in [-0.2, -0.15) is 5.26 Å². The molecule has 2 aromatic carbocycles. The second-order valence-electron chi connectivity index (χ2n) is 9.30. The summed E-state index contributed by atoms with van der Waals surface area (Å²) in [5.41, 5.74) is 2.28. The zero-order valence-corrected chi connectivity index (χ0v) is 20.0. The Morgan fingerprint density at radius 3 is 2.63 bits per heavy atom. The van der Waals surface area contributed by atoms with E-state index in [1.54, 1.807) is 12.3 Å². The molecule has 8 heteroatoms. The summed E-state index contributed by atoms with van der Waals surface area (Å²) in [7, 11) is 0. The summed E-state index contributed by atoms with van der Waals surface area (Å²) < 4.78 is 5.97. The molecule has 0 radical (unpaired) electrons. The number of likely N-dealkylation sites (tertiary alicyclic amines) is 2. The number of aromatic nitrogens is 1. The standard InChI is InChI=1S/C27H26ClN5O2/c28-22-4-6-23(7-5-22)35-24-3-1-2-20(14-24)17-32-12-9-27(10-13-32)18-33(19-27)26(34)31-25-16-30-11-8-21(25)15-29/h1-8,11,14,16H,9-10,12-13,17-19H2,(H,31,34). The number of pyridine rings is 1. The van der Waals surface area contributed by atoms with Crippen LogP contribution in [0.15, 0.2) is 67.0 Å². The van der Waals surface area contributed by atoms with Crippen LogP contribution in [-0.4, -0.2) is 47.0 Å². The Hall–Kier alpha value is -3.60. The van der Waals surface area contributed by atoms with Crippen molar-refractivity contribution in [1.82, 2.24) is 14.8 Å². The highest BCUT2D eigenvalue weighted by molar-refractivity contribution is 6.30. The van der Waals surface area contributed by atoms with Gasteiger partial charge in [0.2, 0.25) is 0 Å². The number of carbonyl (C=O) groups is 1. The monoisotopic (exact) mass is 487 g/mol. The van der Waals surface area contributed by atoms with Gasteiger partial charge in [0, 0.05) is 36.3 Å². The second-order valence-corrected chi connectivity index (χ2v) is 9.74. The third-order valence-electron chi connectivity index (χ3n) is 6.79. The number of hydrogen-bond acceptors (Lipinski definition) is 5. The van der Waals surface area contributed by atoms with Gasteiger partial charge in [-0.25, -0.2) is 4.79 Å². The average molecular weight is 488 g/mol. The van der Waals surface area contributed by atoms with Crippen LogP contribution in [0.3, 0.4) is 0 Å². The maximum absolute atomic E-state index is 12.6. The van der Waals surface area contributed by atoms with Crippen molar-refractivity contribution < 1.29 is 9.53 Å². The van der Waals surface area contributed by atoms with Crippen LogP contribution in [0.5, 0.6) is 11.5 Å². The largest absolute Gasteiger partial charge is 0.457 e. The molecule has 5 rings (SSSR count). The van der Waals surface area contributed by atoms with E-state index in [2.05, 4.69) is 33.4 Å². The van der Waals surface area contributed by atoms with Gasteiger partial charge in [-0.15, -0.1) is 0 Å². The first-order valence-electron chi connectivity index (χ1n) is 11.7. The third kappa shape index (κ3) is 5.40. The van der Waals surface area contributed by atoms with Crippen molar-refractivity contribution >= 4 is 23.3 Å². The van der Waals surface area contributed by atoms with Crippen LogP contribution in [0.25, 0.3) is 0 Å². The SMILES string of the molecule is N#Cc1ccncc1NC(=O)N1CC2(CCN(Cc3cccc(Oc4ccc(Cl)cc4)c3)CC2)C1. The third-order valence-corrected chi connectivity index (χ3v) is 7.05. The molecule has 3 heterocycles. The lowest BCUT2D eigenvalue weighted by Gasteiger charge is -2.53. The van der Waals surface area contributed by atoms with E-state index in [0.717, 1.165) is 57.1 Å². The summed E-state index contributed by atoms with van der Waals surface area (Å²) in [6.07, 6.45) is 5.19. The molecule has 2 amide bonds. The minimum absolute atomic E-state index is 0.167. The summed E-state index contributed by atoms with van der Waals surface area (Å²) in [6.45, 7) is 4.37. The predicted molar refractivity (Wildman–Crippen MR) is 134 cm³/mol. The van der Waals surface area contributed by atoms with Crippen LogP contribution in [0.1, 0.15) is 24.0 Å². The molecule has 2 aliphatic heterocycles. The first-order valence-corrected chi connectivity index (χ1v) is 12.0. The lowest BCUT2D eigenvalue weighted by molar-refractivity contribution is -0.0200. The molecule has 0 aliphatic carbocycles. The first-order chi connectivity index (χ1) is 17.0. The number of nitrogens with one attached hydrogen (secondary N) is 1. The van der Waals surface area contributed by atoms with Gasteiger partial charge in [-0.3, -0.25) is 9.88 Å². The summed E-state index contributed by atoms with van der Waals surface area (Å²) in [4.78, 5) is 20.9. The molecule has 3 aromatic rings. The minimum atomic E-state index is -0.167. The van der Waals surface area contributed by atoms with Gasteiger partial charge in [0.05, 0.1) is 17.4 Å². The highest BCUT2D eigenvalue weighted by Crippen LogP contribution is 2.41. The number of ether oxygens (including phenoxy) is 1. The van der Waals surface area contributed by atoms with Gasteiger partial charge >= 0.3 is 6.03 Å². The van der Waals surface area contributed by atoms with Crippen molar-refractivity contribution in [2.75, 3.05) is 31.5 Å². The van der Waals surface area contributed by atoms with E-state index in [0.29, 0.717) is 16.3 Å². The maximum Gasteiger partial charge on any atom is 0.321 e. The molecule has 1 N–H and O–H groups in total. The smallest absolute Gasteiger partial charge is 0.321 e. The van der Waals surface area contributed by atoms with Crippen LogP contribution >= 0.6 is 11.6 Å². The molecule has 2 saturated heterocycles. The number of hydrogen-bond donors (Lipinski definition) is 1. The summed E-state index contributed by atoms with van der Waals surface area (Å²) in [6, 6.07) is 19.1. The Morgan fingerprint density at radius 1 is 1.11 bits per heavy atom. The normalized spacial score (nSPS) is 16.9. The molecule has 35 heavy (non-hydrogen) atoms. The van der Waals surface area contributed by atoms with Crippen LogP contribution in [0.4, 0.5) is 10.5 Å². The van der Waals surface area contributed by atoms with Crippen LogP contribution in [0, 0.1) is 16.7 Å². The molecule has 0 bridgehead atoms. The highest BCUT2D eigenvalue weighted by atomic mass is 35.5. The summed E-state index contributed by atoms with van der Waals surface area (Å²) >= 11 is 5.95. The van der Waals surface area contributed by atoms with Gasteiger partial charge in [0.25, 0.3) is 0 Å². The Kier molecular flexibility index (Phi) is 6.58. The fourth-order valence-electron chi connectivity index (χ4n) is 4.80. The van der Waals surface area contributed by atoms with Crippen molar-refractivity contribution in [2.45, 2.75) is 19.4 Å². The highest BCUT2D eigenvalue weighted by Gasteiger charge is 2.46. The van der Waals surface area contributed by atoms with Crippen LogP contribution in [0.2, 0.25) is 5.02 Å². The fraction of sp³-hybridized carbons (Fsp3) is 0.296. The number of nitrogens with zero attached hydrogens (tertiary/aromatic N) is 4. The Morgan fingerprint density at radius 2 is 1.89 bits per heavy atom. The number of amides is 2. The van der Waals surface area contributed by atoms with E-state index in [9.17, 15) is 10.1 Å². The number of piperidine rings is 1. The second kappa shape index (κ2) is 9.95. The topological polar surface area (TPSA) is 81.5 Å². The lowest BCUT2D eigenvalue weighted by atomic mass is 9.72. The first kappa shape index (κ1) is 23.2. The fourth-order valence-corrected chi connectivity index (χ4v) is 4.92. The van der Waals surface area contributed by atoms with Crippen LogP contribution < -0.4 is 10.1 Å². The predicted octanol–water partition coefficient (Wildman–Crippen LogP) is 5.53. The van der Waals surface area contributed by atoms with Gasteiger partial charge in [-0.1, -0.05) is 23.7 Å². The minimum Gasteiger partial charge on any atom is -0.457 e. The molecule has 7 nitrogen and oxygen atoms in total. The Labute approximate surface area is 209 Å². The number of nitriles is 1. The number of rotatable bonds is 5. The van der Waals surface area contributed by atoms with E-state index in [1.165, 1.54) is 11.8 Å². The molecule has 2 fully saturated rings. The molecule has 178 valence electrons. The van der Waals surface area contributed by atoms with Crippen molar-refractivity contribution in [3.05, 3.63) is 83.1 Å². The molecule has 1 spiro atoms. The average Bonchev–Trinajstić information content (AvgIpc) is 2.85. The molecule has 0 saturated carbocycles. The molecule has 1 aromatic heterocycles. The Balaban J connectivity index is 1.10. The van der Waals surface area contributed by atoms with Gasteiger partial charge < -0.3 is 15.0 Å². The summed E-state index contributed by atoms with van der Waals surface area (Å²) in [5.74, 6) is 1.57. The van der Waals surface area contributed by atoms with E-state index >= 15 is 0 Å². The Bertz CT molecular complexity index is 1240. The maximum atomic E-state index is 12.6. The molecule has 0 atom stereocenters. The molecule has 0 unspecified atom stereocenters. The number of carbonyl (C=O) groups excluding carboxylic acids is 1. The van der Waals surface area contributed by atoms with Crippen molar-refractivity contribution in [3.63, 3.8) is 0 Å². The quantitative estimate of drug-likeness (QED) is 0.511. The lowest BCUT2D eigenvalue weighted by Crippen LogP contribution is -2.62. The van der Waals surface area contributed by atoms with E-state index < -0.39 is 0 Å². The van der Waals surface area contributed by atoms with E-state index in [1.807, 2.05) is 41.3 Å². The summed E-state index contributed by atoms with van der Waals surface area (Å²) in [5, 5.41) is 12.7. The van der Waals surface area contributed by atoms with E-state index in [-0.39, 0.29) is 11.4 Å². The van der Waals surface area contributed by atoms with Gasteiger partial charge in [-0.05, 0) is 74.0 Å². The van der Waals surface area contributed by atoms with Crippen molar-refractivity contribution in [1.29, 1.82) is 5.26 Å². The zero-order chi connectivity index (χ0) is 24.3. The van der Waals surface area contributed by atoms with Crippen molar-refractivity contribution in [3.8, 4) is 17.6 Å².